The quantitative estimate of drug-likeness (QED) is 0.773. The Balaban J connectivity index is 2.88. The van der Waals surface area contributed by atoms with Crippen LogP contribution in [0.4, 0.5) is 0 Å². The Hall–Kier alpha value is -0.630. The van der Waals surface area contributed by atoms with Crippen LogP contribution in [0.5, 0.6) is 0 Å². The van der Waals surface area contributed by atoms with Gasteiger partial charge in [0.05, 0.1) is 9.79 Å². The zero-order valence-corrected chi connectivity index (χ0v) is 13.7. The summed E-state index contributed by atoms with van der Waals surface area (Å²) in [6.45, 7) is 4.37. The summed E-state index contributed by atoms with van der Waals surface area (Å²) in [5, 5.41) is 0. The van der Waals surface area contributed by atoms with Gasteiger partial charge in [-0.2, -0.15) is 0 Å². The number of halogens is 1. The lowest BCUT2D eigenvalue weighted by Gasteiger charge is -2.13. The van der Waals surface area contributed by atoms with Crippen molar-refractivity contribution in [2.24, 2.45) is 5.92 Å². The van der Waals surface area contributed by atoms with Gasteiger partial charge in [-0.15, -0.1) is 0 Å². The molecule has 114 valence electrons. The molecule has 0 amide bonds. The third-order valence-electron chi connectivity index (χ3n) is 3.13. The van der Waals surface area contributed by atoms with Crippen molar-refractivity contribution in [1.82, 2.24) is 4.72 Å². The van der Waals surface area contributed by atoms with Gasteiger partial charge in [0, 0.05) is 17.2 Å². The molecule has 0 spiro atoms. The summed E-state index contributed by atoms with van der Waals surface area (Å²) in [6, 6.07) is 4.80. The van der Waals surface area contributed by atoms with Gasteiger partial charge in [-0.1, -0.05) is 26.7 Å². The van der Waals surface area contributed by atoms with Crippen LogP contribution in [0.3, 0.4) is 0 Å². The molecule has 0 aliphatic carbocycles. The lowest BCUT2D eigenvalue weighted by molar-refractivity contribution is 0.479. The molecule has 0 fully saturated rings. The van der Waals surface area contributed by atoms with Crippen molar-refractivity contribution in [3.8, 4) is 0 Å². The predicted octanol–water partition coefficient (Wildman–Crippen LogP) is 2.33. The van der Waals surface area contributed by atoms with E-state index < -0.39 is 19.1 Å². The summed E-state index contributed by atoms with van der Waals surface area (Å²) in [5.41, 5.74) is 0. The minimum Gasteiger partial charge on any atom is -0.211 e. The van der Waals surface area contributed by atoms with E-state index in [-0.39, 0.29) is 15.7 Å². The van der Waals surface area contributed by atoms with Crippen molar-refractivity contribution >= 4 is 29.8 Å². The fourth-order valence-electron chi connectivity index (χ4n) is 1.67. The van der Waals surface area contributed by atoms with Crippen LogP contribution in [-0.4, -0.2) is 23.4 Å². The Morgan fingerprint density at radius 1 is 1.00 bits per heavy atom. The first-order valence-electron chi connectivity index (χ1n) is 6.25. The zero-order valence-electron chi connectivity index (χ0n) is 11.3. The minimum absolute atomic E-state index is 0.0209. The zero-order chi connectivity index (χ0) is 15.4. The minimum atomic E-state index is -3.84. The van der Waals surface area contributed by atoms with Gasteiger partial charge in [-0.3, -0.25) is 0 Å². The van der Waals surface area contributed by atoms with Crippen molar-refractivity contribution in [2.45, 2.75) is 36.5 Å². The Morgan fingerprint density at radius 2 is 1.45 bits per heavy atom. The summed E-state index contributed by atoms with van der Waals surface area (Å²) in [4.78, 5) is -0.106. The highest BCUT2D eigenvalue weighted by Crippen LogP contribution is 2.18. The van der Waals surface area contributed by atoms with Crippen LogP contribution in [0.2, 0.25) is 0 Å². The molecule has 8 heteroatoms. The summed E-state index contributed by atoms with van der Waals surface area (Å²) in [5.74, 6) is 0.285. The second-order valence-electron chi connectivity index (χ2n) is 4.44. The van der Waals surface area contributed by atoms with E-state index >= 15 is 0 Å². The number of sulfonamides is 1. The van der Waals surface area contributed by atoms with Crippen molar-refractivity contribution in [2.75, 3.05) is 6.54 Å². The van der Waals surface area contributed by atoms with Crippen LogP contribution < -0.4 is 4.72 Å². The Kier molecular flexibility index (Phi) is 6.00. The third-order valence-corrected chi connectivity index (χ3v) is 5.94. The van der Waals surface area contributed by atoms with Gasteiger partial charge in [0.15, 0.2) is 0 Å². The van der Waals surface area contributed by atoms with Crippen molar-refractivity contribution < 1.29 is 16.8 Å². The molecule has 1 N–H and O–H groups in total. The largest absolute Gasteiger partial charge is 0.261 e. The average Bonchev–Trinajstić information content (AvgIpc) is 2.39. The first-order chi connectivity index (χ1) is 9.20. The lowest BCUT2D eigenvalue weighted by atomic mass is 10.0. The third kappa shape index (κ3) is 4.73. The van der Waals surface area contributed by atoms with E-state index in [1.807, 2.05) is 13.8 Å². The van der Waals surface area contributed by atoms with Crippen LogP contribution >= 0.6 is 10.7 Å². The molecular formula is C12H18ClNO4S2. The fraction of sp³-hybridized carbons (Fsp3) is 0.500. The molecule has 0 heterocycles. The molecule has 0 unspecified atom stereocenters. The van der Waals surface area contributed by atoms with Crippen LogP contribution in [0, 0.1) is 5.92 Å². The molecule has 1 aromatic carbocycles. The van der Waals surface area contributed by atoms with Crippen LogP contribution in [0.15, 0.2) is 34.1 Å². The molecule has 0 aromatic heterocycles. The number of hydrogen-bond acceptors (Lipinski definition) is 4. The van der Waals surface area contributed by atoms with E-state index in [1.54, 1.807) is 0 Å². The summed E-state index contributed by atoms with van der Waals surface area (Å²) in [6.07, 6.45) is 1.78. The van der Waals surface area contributed by atoms with E-state index in [1.165, 1.54) is 24.3 Å². The predicted molar refractivity (Wildman–Crippen MR) is 78.7 cm³/mol. The van der Waals surface area contributed by atoms with Gasteiger partial charge in [0.1, 0.15) is 0 Å². The molecule has 20 heavy (non-hydrogen) atoms. The van der Waals surface area contributed by atoms with Crippen molar-refractivity contribution in [3.05, 3.63) is 24.3 Å². The number of benzene rings is 1. The first-order valence-corrected chi connectivity index (χ1v) is 10.0. The molecule has 0 saturated heterocycles. The maximum Gasteiger partial charge on any atom is 0.261 e. The molecule has 0 bridgehead atoms. The van der Waals surface area contributed by atoms with E-state index in [0.717, 1.165) is 12.8 Å². The second kappa shape index (κ2) is 6.89. The molecule has 1 rings (SSSR count). The topological polar surface area (TPSA) is 80.3 Å². The van der Waals surface area contributed by atoms with Crippen molar-refractivity contribution in [1.29, 1.82) is 0 Å². The van der Waals surface area contributed by atoms with E-state index in [2.05, 4.69) is 4.72 Å². The SMILES string of the molecule is CCC(CC)CNS(=O)(=O)c1ccc(S(=O)(=O)Cl)cc1. The average molecular weight is 340 g/mol. The van der Waals surface area contributed by atoms with Gasteiger partial charge >= 0.3 is 0 Å². The van der Waals surface area contributed by atoms with Gasteiger partial charge in [0.2, 0.25) is 10.0 Å². The van der Waals surface area contributed by atoms with Crippen molar-refractivity contribution in [3.63, 3.8) is 0 Å². The Morgan fingerprint density at radius 3 is 1.85 bits per heavy atom. The monoisotopic (exact) mass is 339 g/mol. The smallest absolute Gasteiger partial charge is 0.211 e. The maximum absolute atomic E-state index is 12.0. The standard InChI is InChI=1S/C12H18ClNO4S2/c1-3-10(4-2)9-14-20(17,18)12-7-5-11(6-8-12)19(13,15)16/h5-8,10,14H,3-4,9H2,1-2H3. The van der Waals surface area contributed by atoms with Gasteiger partial charge in [-0.05, 0) is 30.2 Å². The Labute approximate surface area is 124 Å². The summed E-state index contributed by atoms with van der Waals surface area (Å²) < 4.78 is 48.8. The molecular weight excluding hydrogens is 322 g/mol. The highest BCUT2D eigenvalue weighted by atomic mass is 35.7. The van der Waals surface area contributed by atoms with E-state index in [0.29, 0.717) is 6.54 Å². The molecule has 0 aliphatic heterocycles. The first kappa shape index (κ1) is 17.4. The fourth-order valence-corrected chi connectivity index (χ4v) is 3.56. The Bertz CT molecular complexity index is 635. The van der Waals surface area contributed by atoms with Gasteiger partial charge < -0.3 is 0 Å². The highest BCUT2D eigenvalue weighted by molar-refractivity contribution is 8.13. The number of hydrogen-bond donors (Lipinski definition) is 1. The second-order valence-corrected chi connectivity index (χ2v) is 8.78. The number of rotatable bonds is 7. The molecule has 0 saturated carbocycles. The van der Waals surface area contributed by atoms with E-state index in [4.69, 9.17) is 10.7 Å². The van der Waals surface area contributed by atoms with Gasteiger partial charge in [0.25, 0.3) is 9.05 Å². The van der Waals surface area contributed by atoms with Crippen LogP contribution in [-0.2, 0) is 19.1 Å². The highest BCUT2D eigenvalue weighted by Gasteiger charge is 2.17. The maximum atomic E-state index is 12.0. The lowest BCUT2D eigenvalue weighted by Crippen LogP contribution is -2.29. The molecule has 5 nitrogen and oxygen atoms in total. The molecule has 0 radical (unpaired) electrons. The molecule has 0 aliphatic rings. The normalized spacial score (nSPS) is 12.8. The molecule has 0 atom stereocenters. The summed E-state index contributed by atoms with van der Waals surface area (Å²) >= 11 is 0. The van der Waals surface area contributed by atoms with Crippen LogP contribution in [0.1, 0.15) is 26.7 Å². The number of nitrogens with one attached hydrogen (secondary N) is 1. The summed E-state index contributed by atoms with van der Waals surface area (Å²) in [7, 11) is -2.29. The van der Waals surface area contributed by atoms with Crippen LogP contribution in [0.25, 0.3) is 0 Å². The molecule has 1 aromatic rings. The van der Waals surface area contributed by atoms with Gasteiger partial charge in [-0.25, -0.2) is 21.6 Å². The van der Waals surface area contributed by atoms with E-state index in [9.17, 15) is 16.8 Å².